The van der Waals surface area contributed by atoms with Crippen molar-refractivity contribution in [3.63, 3.8) is 0 Å². The molecule has 0 fully saturated rings. The first-order valence-electron chi connectivity index (χ1n) is 7.14. The van der Waals surface area contributed by atoms with Gasteiger partial charge in [-0.2, -0.15) is 0 Å². The number of fused-ring (bicyclic) bond motifs is 1. The number of hydrogen-bond acceptors (Lipinski definition) is 5. The van der Waals surface area contributed by atoms with Gasteiger partial charge in [0.15, 0.2) is 0 Å². The van der Waals surface area contributed by atoms with E-state index in [1.54, 1.807) is 0 Å². The Morgan fingerprint density at radius 2 is 2.16 bits per heavy atom. The van der Waals surface area contributed by atoms with Crippen LogP contribution in [0.2, 0.25) is 0 Å². The summed E-state index contributed by atoms with van der Waals surface area (Å²) in [6.45, 7) is 4.94. The molecule has 4 nitrogen and oxygen atoms in total. The number of aliphatic hydroxyl groups is 2. The molecule has 1 aromatic heterocycles. The molecule has 0 aromatic carbocycles. The minimum atomic E-state index is 0.160. The molecule has 2 rings (SSSR count). The highest BCUT2D eigenvalue weighted by atomic mass is 32.1. The van der Waals surface area contributed by atoms with Gasteiger partial charge in [-0.05, 0) is 31.6 Å². The fourth-order valence-corrected chi connectivity index (χ4v) is 3.88. The van der Waals surface area contributed by atoms with Gasteiger partial charge in [-0.25, -0.2) is 4.98 Å². The third kappa shape index (κ3) is 4.24. The van der Waals surface area contributed by atoms with Crippen LogP contribution in [0.1, 0.15) is 35.3 Å². The van der Waals surface area contributed by atoms with Crippen molar-refractivity contribution in [1.82, 2.24) is 9.88 Å². The summed E-state index contributed by atoms with van der Waals surface area (Å²) < 4.78 is 0. The maximum Gasteiger partial charge on any atom is 0.107 e. The second-order valence-corrected chi connectivity index (χ2v) is 6.57. The van der Waals surface area contributed by atoms with Gasteiger partial charge >= 0.3 is 0 Å². The average molecular weight is 284 g/mol. The number of hydrogen-bond donors (Lipinski definition) is 2. The molecule has 0 radical (unpaired) electrons. The van der Waals surface area contributed by atoms with E-state index in [1.165, 1.54) is 23.4 Å². The maximum absolute atomic E-state index is 9.09. The largest absolute Gasteiger partial charge is 0.396 e. The minimum absolute atomic E-state index is 0.160. The Kier molecular flexibility index (Phi) is 5.76. The number of nitrogens with zero attached hydrogens (tertiary/aromatic N) is 2. The molecule has 0 amide bonds. The van der Waals surface area contributed by atoms with Crippen LogP contribution in [0.15, 0.2) is 0 Å². The Morgan fingerprint density at radius 1 is 1.32 bits per heavy atom. The predicted molar refractivity (Wildman–Crippen MR) is 77.4 cm³/mol. The number of rotatable bonds is 7. The second kappa shape index (κ2) is 7.33. The molecular formula is C14H24N2O2S. The van der Waals surface area contributed by atoms with Crippen molar-refractivity contribution < 1.29 is 10.2 Å². The van der Waals surface area contributed by atoms with Gasteiger partial charge in [0.05, 0.1) is 18.8 Å². The van der Waals surface area contributed by atoms with Crippen molar-refractivity contribution >= 4 is 11.3 Å². The standard InChI is InChI=1S/C14H24N2O2S/c1-11-3-4-12-13(9-11)19-14(15-12)10-16(6-8-18)5-2-7-17/h11,17-18H,2-10H2,1H3. The Morgan fingerprint density at radius 3 is 2.89 bits per heavy atom. The highest BCUT2D eigenvalue weighted by Gasteiger charge is 2.20. The van der Waals surface area contributed by atoms with Crippen LogP contribution in [-0.2, 0) is 19.4 Å². The van der Waals surface area contributed by atoms with Gasteiger partial charge in [-0.1, -0.05) is 6.92 Å². The van der Waals surface area contributed by atoms with Gasteiger partial charge in [-0.15, -0.1) is 11.3 Å². The van der Waals surface area contributed by atoms with Crippen molar-refractivity contribution in [3.05, 3.63) is 15.6 Å². The van der Waals surface area contributed by atoms with Crippen molar-refractivity contribution in [2.75, 3.05) is 26.3 Å². The summed E-state index contributed by atoms with van der Waals surface area (Å²) in [5, 5.41) is 19.2. The summed E-state index contributed by atoms with van der Waals surface area (Å²) in [4.78, 5) is 8.38. The lowest BCUT2D eigenvalue weighted by molar-refractivity contribution is 0.174. The summed E-state index contributed by atoms with van der Waals surface area (Å²) >= 11 is 1.83. The number of thiazole rings is 1. The van der Waals surface area contributed by atoms with Gasteiger partial charge in [0, 0.05) is 24.6 Å². The molecule has 1 unspecified atom stereocenters. The first kappa shape index (κ1) is 14.9. The third-order valence-electron chi connectivity index (χ3n) is 3.64. The molecule has 1 heterocycles. The molecule has 5 heteroatoms. The molecule has 1 aliphatic rings. The van der Waals surface area contributed by atoms with Gasteiger partial charge in [0.1, 0.15) is 5.01 Å². The summed E-state index contributed by atoms with van der Waals surface area (Å²) in [6, 6.07) is 0. The summed E-state index contributed by atoms with van der Waals surface area (Å²) in [7, 11) is 0. The van der Waals surface area contributed by atoms with Crippen LogP contribution in [-0.4, -0.2) is 46.4 Å². The van der Waals surface area contributed by atoms with E-state index in [4.69, 9.17) is 15.2 Å². The monoisotopic (exact) mass is 284 g/mol. The lowest BCUT2D eigenvalue weighted by Crippen LogP contribution is -2.28. The normalized spacial score (nSPS) is 18.8. The zero-order valence-corrected chi connectivity index (χ0v) is 12.5. The molecule has 0 saturated carbocycles. The van der Waals surface area contributed by atoms with Crippen molar-refractivity contribution in [3.8, 4) is 0 Å². The summed E-state index contributed by atoms with van der Waals surface area (Å²) in [6.07, 6.45) is 4.29. The first-order valence-corrected chi connectivity index (χ1v) is 7.96. The minimum Gasteiger partial charge on any atom is -0.396 e. The Hall–Kier alpha value is -0.490. The van der Waals surface area contributed by atoms with Crippen molar-refractivity contribution in [2.24, 2.45) is 5.92 Å². The van der Waals surface area contributed by atoms with Crippen molar-refractivity contribution in [2.45, 2.75) is 39.2 Å². The van der Waals surface area contributed by atoms with Crippen molar-refractivity contribution in [1.29, 1.82) is 0 Å². The fourth-order valence-electron chi connectivity index (χ4n) is 2.56. The molecule has 0 aliphatic heterocycles. The number of aryl methyl sites for hydroxylation is 1. The molecule has 1 atom stereocenters. The lowest BCUT2D eigenvalue weighted by atomic mass is 9.93. The van der Waals surface area contributed by atoms with Crippen LogP contribution in [0.5, 0.6) is 0 Å². The number of aromatic nitrogens is 1. The van der Waals surface area contributed by atoms with Gasteiger partial charge in [0.2, 0.25) is 0 Å². The first-order chi connectivity index (χ1) is 9.22. The molecular weight excluding hydrogens is 260 g/mol. The third-order valence-corrected chi connectivity index (χ3v) is 4.74. The van der Waals surface area contributed by atoms with E-state index in [-0.39, 0.29) is 13.2 Å². The molecule has 0 saturated heterocycles. The van der Waals surface area contributed by atoms with E-state index in [9.17, 15) is 0 Å². The zero-order chi connectivity index (χ0) is 13.7. The predicted octanol–water partition coefficient (Wildman–Crippen LogP) is 1.44. The fraction of sp³-hybridized carbons (Fsp3) is 0.786. The van der Waals surface area contributed by atoms with E-state index >= 15 is 0 Å². The Labute approximate surface area is 119 Å². The topological polar surface area (TPSA) is 56.6 Å². The van der Waals surface area contributed by atoms with E-state index in [0.29, 0.717) is 6.54 Å². The van der Waals surface area contributed by atoms with Crippen LogP contribution in [0.3, 0.4) is 0 Å². The van der Waals surface area contributed by atoms with E-state index in [1.807, 2.05) is 11.3 Å². The smallest absolute Gasteiger partial charge is 0.107 e. The average Bonchev–Trinajstić information content (AvgIpc) is 2.77. The lowest BCUT2D eigenvalue weighted by Gasteiger charge is -2.19. The van der Waals surface area contributed by atoms with Crippen LogP contribution in [0.4, 0.5) is 0 Å². The Bertz CT molecular complexity index is 395. The number of aliphatic hydroxyl groups excluding tert-OH is 2. The molecule has 0 bridgehead atoms. The maximum atomic E-state index is 9.09. The zero-order valence-electron chi connectivity index (χ0n) is 11.6. The molecule has 2 N–H and O–H groups in total. The van der Waals surface area contributed by atoms with E-state index in [2.05, 4.69) is 11.8 Å². The molecule has 108 valence electrons. The van der Waals surface area contributed by atoms with Crippen LogP contribution in [0, 0.1) is 5.92 Å². The molecule has 0 spiro atoms. The highest BCUT2D eigenvalue weighted by Crippen LogP contribution is 2.30. The highest BCUT2D eigenvalue weighted by molar-refractivity contribution is 7.11. The summed E-state index contributed by atoms with van der Waals surface area (Å²) in [5.74, 6) is 0.781. The summed E-state index contributed by atoms with van der Waals surface area (Å²) in [5.41, 5.74) is 1.30. The quantitative estimate of drug-likeness (QED) is 0.795. The second-order valence-electron chi connectivity index (χ2n) is 5.40. The van der Waals surface area contributed by atoms with Gasteiger partial charge in [0.25, 0.3) is 0 Å². The van der Waals surface area contributed by atoms with E-state index in [0.717, 1.165) is 36.9 Å². The van der Waals surface area contributed by atoms with Gasteiger partial charge < -0.3 is 10.2 Å². The molecule has 1 aliphatic carbocycles. The van der Waals surface area contributed by atoms with E-state index < -0.39 is 0 Å². The van der Waals surface area contributed by atoms with Crippen LogP contribution in [0.25, 0.3) is 0 Å². The molecule has 1 aromatic rings. The molecule has 19 heavy (non-hydrogen) atoms. The Balaban J connectivity index is 1.97. The van der Waals surface area contributed by atoms with Crippen LogP contribution >= 0.6 is 11.3 Å². The van der Waals surface area contributed by atoms with Crippen LogP contribution < -0.4 is 0 Å². The SMILES string of the molecule is CC1CCc2nc(CN(CCO)CCCO)sc2C1. The van der Waals surface area contributed by atoms with Gasteiger partial charge in [-0.3, -0.25) is 4.90 Å².